The topological polar surface area (TPSA) is 46.5 Å². The molecule has 0 radical (unpaired) electrons. The molecule has 0 bridgehead atoms. The molecular formula is C23H18BrIO3S. The first-order chi connectivity index (χ1) is 14.0. The molecule has 3 rings (SSSR count). The first-order valence-corrected chi connectivity index (χ1v) is 11.7. The highest BCUT2D eigenvalue weighted by Gasteiger charge is 2.07. The van der Waals surface area contributed by atoms with Gasteiger partial charge in [-0.1, -0.05) is 64.5 Å². The normalized spacial score (nSPS) is 11.3. The zero-order valence-electron chi connectivity index (χ0n) is 15.3. The van der Waals surface area contributed by atoms with Gasteiger partial charge in [-0.05, 0) is 69.6 Å². The molecular weight excluding hydrogens is 563 g/mol. The van der Waals surface area contributed by atoms with E-state index in [9.17, 15) is 4.79 Å². The summed E-state index contributed by atoms with van der Waals surface area (Å²) in [5, 5.41) is 8.75. The van der Waals surface area contributed by atoms with Crippen LogP contribution in [0.25, 0.3) is 5.57 Å². The Kier molecular flexibility index (Phi) is 8.20. The lowest BCUT2D eigenvalue weighted by Gasteiger charge is -2.10. The molecule has 0 atom stereocenters. The van der Waals surface area contributed by atoms with E-state index >= 15 is 0 Å². The van der Waals surface area contributed by atoms with Gasteiger partial charge < -0.3 is 9.84 Å². The minimum absolute atomic E-state index is 0.334. The molecule has 3 aromatic rings. The number of halogens is 2. The van der Waals surface area contributed by atoms with Gasteiger partial charge in [0, 0.05) is 15.1 Å². The Bertz CT molecular complexity index is 1000. The quantitative estimate of drug-likeness (QED) is 0.237. The summed E-state index contributed by atoms with van der Waals surface area (Å²) in [6.45, 7) is -0.334. The van der Waals surface area contributed by atoms with Gasteiger partial charge in [0.05, 0.1) is 3.57 Å². The standard InChI is InChI=1S/C23H18BrIO3S/c24-18-8-6-17(7-9-18)20(16-4-2-1-3-5-16)12-13-29-19-10-11-22(21(25)14-19)28-15-23(26)27/h1-12,14H,13,15H2,(H,26,27). The molecule has 0 saturated heterocycles. The monoisotopic (exact) mass is 580 g/mol. The Hall–Kier alpha value is -1.77. The molecule has 0 heterocycles. The Morgan fingerprint density at radius 3 is 2.38 bits per heavy atom. The fourth-order valence-corrected chi connectivity index (χ4v) is 4.65. The van der Waals surface area contributed by atoms with E-state index in [0.717, 1.165) is 18.7 Å². The van der Waals surface area contributed by atoms with Crippen molar-refractivity contribution in [2.24, 2.45) is 0 Å². The highest BCUT2D eigenvalue weighted by atomic mass is 127. The summed E-state index contributed by atoms with van der Waals surface area (Å²) in [4.78, 5) is 11.8. The predicted molar refractivity (Wildman–Crippen MR) is 131 cm³/mol. The van der Waals surface area contributed by atoms with Gasteiger partial charge in [0.2, 0.25) is 0 Å². The van der Waals surface area contributed by atoms with Crippen molar-refractivity contribution in [3.05, 3.63) is 98.0 Å². The van der Waals surface area contributed by atoms with Crippen LogP contribution in [0.4, 0.5) is 0 Å². The number of carbonyl (C=O) groups is 1. The summed E-state index contributed by atoms with van der Waals surface area (Å²) in [7, 11) is 0. The van der Waals surface area contributed by atoms with Gasteiger partial charge in [-0.3, -0.25) is 0 Å². The molecule has 0 aromatic heterocycles. The number of benzene rings is 3. The highest BCUT2D eigenvalue weighted by Crippen LogP contribution is 2.30. The molecule has 0 saturated carbocycles. The average Bonchev–Trinajstić information content (AvgIpc) is 2.72. The molecule has 29 heavy (non-hydrogen) atoms. The Balaban J connectivity index is 1.75. The molecule has 0 unspecified atom stereocenters. The minimum Gasteiger partial charge on any atom is -0.481 e. The largest absolute Gasteiger partial charge is 0.481 e. The molecule has 0 aliphatic rings. The third-order valence-electron chi connectivity index (χ3n) is 4.03. The third-order valence-corrected chi connectivity index (χ3v) is 6.32. The van der Waals surface area contributed by atoms with E-state index in [4.69, 9.17) is 9.84 Å². The molecule has 0 amide bonds. The number of aliphatic carboxylic acids is 1. The van der Waals surface area contributed by atoms with E-state index in [1.54, 1.807) is 11.8 Å². The van der Waals surface area contributed by atoms with E-state index in [0.29, 0.717) is 5.75 Å². The Labute approximate surface area is 196 Å². The summed E-state index contributed by atoms with van der Waals surface area (Å²) in [5.41, 5.74) is 3.55. The minimum atomic E-state index is -0.981. The maximum atomic E-state index is 10.7. The summed E-state index contributed by atoms with van der Waals surface area (Å²) < 4.78 is 7.24. The molecule has 0 aliphatic carbocycles. The number of thioether (sulfide) groups is 1. The highest BCUT2D eigenvalue weighted by molar-refractivity contribution is 14.1. The van der Waals surface area contributed by atoms with E-state index in [1.807, 2.05) is 36.4 Å². The summed E-state index contributed by atoms with van der Waals surface area (Å²) in [6.07, 6.45) is 2.24. The smallest absolute Gasteiger partial charge is 0.341 e. The van der Waals surface area contributed by atoms with E-state index < -0.39 is 5.97 Å². The lowest BCUT2D eigenvalue weighted by Crippen LogP contribution is -2.10. The molecule has 3 aromatic carbocycles. The van der Waals surface area contributed by atoms with Crippen molar-refractivity contribution in [2.45, 2.75) is 4.90 Å². The van der Waals surface area contributed by atoms with Crippen LogP contribution < -0.4 is 4.74 Å². The van der Waals surface area contributed by atoms with Crippen molar-refractivity contribution in [2.75, 3.05) is 12.4 Å². The zero-order valence-corrected chi connectivity index (χ0v) is 19.9. The maximum absolute atomic E-state index is 10.7. The molecule has 1 N–H and O–H groups in total. The Morgan fingerprint density at radius 1 is 1.03 bits per heavy atom. The molecule has 148 valence electrons. The number of ether oxygens (including phenoxy) is 1. The van der Waals surface area contributed by atoms with Gasteiger partial charge in [0.15, 0.2) is 6.61 Å². The second kappa shape index (κ2) is 10.8. The van der Waals surface area contributed by atoms with Crippen LogP contribution in [0.1, 0.15) is 11.1 Å². The fourth-order valence-electron chi connectivity index (χ4n) is 2.70. The SMILES string of the molecule is O=C(O)COc1ccc(SCC=C(c2ccccc2)c2ccc(Br)cc2)cc1I. The van der Waals surface area contributed by atoms with Gasteiger partial charge in [0.25, 0.3) is 0 Å². The third kappa shape index (κ3) is 6.62. The van der Waals surface area contributed by atoms with Gasteiger partial charge in [-0.15, -0.1) is 11.8 Å². The van der Waals surface area contributed by atoms with Crippen molar-refractivity contribution in [3.8, 4) is 5.75 Å². The molecule has 3 nitrogen and oxygen atoms in total. The number of hydrogen-bond donors (Lipinski definition) is 1. The molecule has 6 heteroatoms. The van der Waals surface area contributed by atoms with Crippen LogP contribution in [0.2, 0.25) is 0 Å². The fraction of sp³-hybridized carbons (Fsp3) is 0.0870. The van der Waals surface area contributed by atoms with Crippen LogP contribution in [0, 0.1) is 3.57 Å². The van der Waals surface area contributed by atoms with Crippen molar-refractivity contribution >= 4 is 61.8 Å². The van der Waals surface area contributed by atoms with E-state index in [1.165, 1.54) is 16.7 Å². The number of hydrogen-bond acceptors (Lipinski definition) is 3. The maximum Gasteiger partial charge on any atom is 0.341 e. The number of rotatable bonds is 8. The lowest BCUT2D eigenvalue weighted by molar-refractivity contribution is -0.139. The summed E-state index contributed by atoms with van der Waals surface area (Å²) in [6, 6.07) is 24.5. The van der Waals surface area contributed by atoms with Crippen molar-refractivity contribution in [1.29, 1.82) is 0 Å². The van der Waals surface area contributed by atoms with Gasteiger partial charge in [0.1, 0.15) is 5.75 Å². The van der Waals surface area contributed by atoms with E-state index in [-0.39, 0.29) is 6.61 Å². The molecule has 0 aliphatic heterocycles. The summed E-state index contributed by atoms with van der Waals surface area (Å²) >= 11 is 7.39. The van der Waals surface area contributed by atoms with Crippen LogP contribution in [-0.2, 0) is 4.79 Å². The lowest BCUT2D eigenvalue weighted by atomic mass is 9.98. The molecule has 0 fully saturated rings. The van der Waals surface area contributed by atoms with Crippen LogP contribution >= 0.6 is 50.3 Å². The van der Waals surface area contributed by atoms with Crippen LogP contribution in [0.3, 0.4) is 0 Å². The van der Waals surface area contributed by atoms with Gasteiger partial charge >= 0.3 is 5.97 Å². The summed E-state index contributed by atoms with van der Waals surface area (Å²) in [5.74, 6) is 0.421. The first kappa shape index (κ1) is 21.9. The van der Waals surface area contributed by atoms with Crippen molar-refractivity contribution in [3.63, 3.8) is 0 Å². The van der Waals surface area contributed by atoms with Crippen molar-refractivity contribution in [1.82, 2.24) is 0 Å². The zero-order chi connectivity index (χ0) is 20.6. The van der Waals surface area contributed by atoms with E-state index in [2.05, 4.69) is 81.0 Å². The van der Waals surface area contributed by atoms with Gasteiger partial charge in [-0.25, -0.2) is 4.79 Å². The average molecular weight is 581 g/mol. The second-order valence-corrected chi connectivity index (χ2v) is 9.25. The number of carboxylic acids is 1. The molecule has 0 spiro atoms. The van der Waals surface area contributed by atoms with Crippen LogP contribution in [-0.4, -0.2) is 23.4 Å². The Morgan fingerprint density at radius 2 is 1.72 bits per heavy atom. The number of carboxylic acid groups (broad SMARTS) is 1. The second-order valence-electron chi connectivity index (χ2n) is 6.08. The first-order valence-electron chi connectivity index (χ1n) is 8.81. The van der Waals surface area contributed by atoms with Crippen LogP contribution in [0.15, 0.2) is 88.2 Å². The van der Waals surface area contributed by atoms with Crippen LogP contribution in [0.5, 0.6) is 5.75 Å². The van der Waals surface area contributed by atoms with Crippen molar-refractivity contribution < 1.29 is 14.6 Å². The van der Waals surface area contributed by atoms with Gasteiger partial charge in [-0.2, -0.15) is 0 Å². The predicted octanol–water partition coefficient (Wildman–Crippen LogP) is 6.74.